The minimum atomic E-state index is 0.0305. The molecule has 1 aromatic carbocycles. The molecular weight excluding hydrogens is 396 g/mol. The van der Waals surface area contributed by atoms with Crippen LogP contribution < -0.4 is 5.32 Å². The van der Waals surface area contributed by atoms with Gasteiger partial charge in [-0.1, -0.05) is 19.1 Å². The van der Waals surface area contributed by atoms with Crippen LogP contribution in [-0.4, -0.2) is 46.3 Å². The molecule has 0 amide bonds. The molecule has 2 aliphatic rings. The Kier molecular flexibility index (Phi) is 5.69. The van der Waals surface area contributed by atoms with Gasteiger partial charge < -0.3 is 15.2 Å². The molecule has 158 valence electrons. The van der Waals surface area contributed by atoms with Crippen LogP contribution in [0.4, 0.5) is 11.5 Å². The highest BCUT2D eigenvalue weighted by Crippen LogP contribution is 2.40. The number of benzene rings is 1. The number of nitrogens with one attached hydrogen (secondary N) is 1. The lowest BCUT2D eigenvalue weighted by Gasteiger charge is -2.26. The number of aliphatic hydroxyl groups is 1. The number of hydrogen-bond donors (Lipinski definition) is 2. The van der Waals surface area contributed by atoms with E-state index in [4.69, 9.17) is 14.7 Å². The lowest BCUT2D eigenvalue weighted by Crippen LogP contribution is -2.36. The number of fused-ring (bicyclic) bond motifs is 3. The van der Waals surface area contributed by atoms with E-state index in [2.05, 4.69) is 17.1 Å². The lowest BCUT2D eigenvalue weighted by molar-refractivity contribution is 0.0331. The molecule has 30 heavy (non-hydrogen) atoms. The molecule has 1 saturated heterocycles. The maximum absolute atomic E-state index is 9.51. The van der Waals surface area contributed by atoms with E-state index in [1.54, 1.807) is 0 Å². The summed E-state index contributed by atoms with van der Waals surface area (Å²) in [6, 6.07) is 7.90. The average Bonchev–Trinajstić information content (AvgIpc) is 3.12. The van der Waals surface area contributed by atoms with Crippen LogP contribution in [0.25, 0.3) is 10.2 Å². The van der Waals surface area contributed by atoms with Crippen LogP contribution in [0.1, 0.15) is 35.2 Å². The molecule has 7 heteroatoms. The fourth-order valence-corrected chi connectivity index (χ4v) is 5.79. The predicted octanol–water partition coefficient (Wildman–Crippen LogP) is 3.88. The molecule has 3 heterocycles. The van der Waals surface area contributed by atoms with E-state index in [0.717, 1.165) is 79.3 Å². The van der Waals surface area contributed by atoms with Gasteiger partial charge in [0.2, 0.25) is 0 Å². The van der Waals surface area contributed by atoms with Crippen LogP contribution in [0.5, 0.6) is 0 Å². The van der Waals surface area contributed by atoms with Crippen LogP contribution >= 0.6 is 11.3 Å². The third kappa shape index (κ3) is 4.07. The van der Waals surface area contributed by atoms with Gasteiger partial charge in [-0.2, -0.15) is 0 Å². The quantitative estimate of drug-likeness (QED) is 0.648. The van der Waals surface area contributed by atoms with Gasteiger partial charge in [0.25, 0.3) is 0 Å². The number of rotatable bonds is 5. The number of anilines is 2. The molecule has 1 aliphatic heterocycles. The fraction of sp³-hybridized carbons (Fsp3) is 0.478. The van der Waals surface area contributed by atoms with Crippen molar-refractivity contribution in [2.75, 3.05) is 31.6 Å². The molecule has 1 fully saturated rings. The molecule has 0 bridgehead atoms. The van der Waals surface area contributed by atoms with Gasteiger partial charge in [0, 0.05) is 23.7 Å². The maximum atomic E-state index is 9.51. The summed E-state index contributed by atoms with van der Waals surface area (Å²) in [6.07, 6.45) is 3.44. The Morgan fingerprint density at radius 3 is 2.97 bits per heavy atom. The molecule has 1 atom stereocenters. The summed E-state index contributed by atoms with van der Waals surface area (Å²) in [5.41, 5.74) is 3.26. The summed E-state index contributed by atoms with van der Waals surface area (Å²) >= 11 is 1.84. The molecule has 0 unspecified atom stereocenters. The van der Waals surface area contributed by atoms with Gasteiger partial charge >= 0.3 is 0 Å². The van der Waals surface area contributed by atoms with Gasteiger partial charge in [-0.3, -0.25) is 4.90 Å². The van der Waals surface area contributed by atoms with E-state index in [1.165, 1.54) is 22.2 Å². The van der Waals surface area contributed by atoms with Crippen LogP contribution in [0, 0.1) is 5.92 Å². The summed E-state index contributed by atoms with van der Waals surface area (Å²) in [7, 11) is 0. The van der Waals surface area contributed by atoms with Gasteiger partial charge in [-0.05, 0) is 48.4 Å². The lowest BCUT2D eigenvalue weighted by atomic mass is 9.89. The van der Waals surface area contributed by atoms with Crippen molar-refractivity contribution in [3.63, 3.8) is 0 Å². The predicted molar refractivity (Wildman–Crippen MR) is 120 cm³/mol. The topological polar surface area (TPSA) is 70.5 Å². The zero-order valence-corrected chi connectivity index (χ0v) is 18.2. The van der Waals surface area contributed by atoms with E-state index in [1.807, 2.05) is 35.6 Å². The standard InChI is InChI=1S/C23H28N4O2S/c1-15-5-6-18-19(11-15)30-23-21(18)22(24-17-4-2-3-16(12-17)14-28)25-20(26-23)13-27-7-9-29-10-8-27/h2-4,12,15,28H,5-11,13-14H2,1H3,(H,24,25,26)/t15-/m1/s1. The van der Waals surface area contributed by atoms with E-state index in [9.17, 15) is 5.11 Å². The number of aliphatic hydroxyl groups excluding tert-OH is 1. The molecule has 0 saturated carbocycles. The summed E-state index contributed by atoms with van der Waals surface area (Å²) in [6.45, 7) is 6.48. The zero-order valence-electron chi connectivity index (χ0n) is 17.4. The van der Waals surface area contributed by atoms with Crippen molar-refractivity contribution >= 4 is 33.1 Å². The van der Waals surface area contributed by atoms with Crippen molar-refractivity contribution in [3.8, 4) is 0 Å². The summed E-state index contributed by atoms with van der Waals surface area (Å²) in [5, 5.41) is 14.2. The highest BCUT2D eigenvalue weighted by Gasteiger charge is 2.24. The Labute approximate surface area is 180 Å². The van der Waals surface area contributed by atoms with Crippen LogP contribution in [0.2, 0.25) is 0 Å². The smallest absolute Gasteiger partial charge is 0.146 e. The van der Waals surface area contributed by atoms with E-state index < -0.39 is 0 Å². The van der Waals surface area contributed by atoms with Crippen LogP contribution in [0.3, 0.4) is 0 Å². The monoisotopic (exact) mass is 424 g/mol. The number of thiophene rings is 1. The van der Waals surface area contributed by atoms with Gasteiger partial charge in [-0.15, -0.1) is 11.3 Å². The highest BCUT2D eigenvalue weighted by atomic mass is 32.1. The van der Waals surface area contributed by atoms with Gasteiger partial charge in [-0.25, -0.2) is 9.97 Å². The summed E-state index contributed by atoms with van der Waals surface area (Å²) in [5.74, 6) is 2.48. The van der Waals surface area contributed by atoms with Crippen LogP contribution in [-0.2, 0) is 30.7 Å². The Morgan fingerprint density at radius 1 is 1.27 bits per heavy atom. The summed E-state index contributed by atoms with van der Waals surface area (Å²) in [4.78, 5) is 14.9. The first-order valence-corrected chi connectivity index (χ1v) is 11.6. The second kappa shape index (κ2) is 8.59. The number of aromatic nitrogens is 2. The van der Waals surface area contributed by atoms with Gasteiger partial charge in [0.15, 0.2) is 0 Å². The van der Waals surface area contributed by atoms with Crippen molar-refractivity contribution < 1.29 is 9.84 Å². The average molecular weight is 425 g/mol. The first kappa shape index (κ1) is 19.9. The third-order valence-electron chi connectivity index (χ3n) is 6.04. The third-order valence-corrected chi connectivity index (χ3v) is 7.19. The minimum absolute atomic E-state index is 0.0305. The number of aryl methyl sites for hydroxylation is 1. The number of morpholine rings is 1. The molecule has 5 rings (SSSR count). The van der Waals surface area contributed by atoms with E-state index >= 15 is 0 Å². The second-order valence-corrected chi connectivity index (χ2v) is 9.48. The van der Waals surface area contributed by atoms with Crippen molar-refractivity contribution in [1.29, 1.82) is 0 Å². The molecule has 1 aliphatic carbocycles. The molecule has 0 spiro atoms. The molecule has 2 aromatic heterocycles. The molecule has 6 nitrogen and oxygen atoms in total. The molecular formula is C23H28N4O2S. The first-order valence-electron chi connectivity index (χ1n) is 10.8. The van der Waals surface area contributed by atoms with E-state index in [0.29, 0.717) is 0 Å². The zero-order chi connectivity index (χ0) is 20.5. The van der Waals surface area contributed by atoms with Crippen molar-refractivity contribution in [3.05, 3.63) is 46.1 Å². The largest absolute Gasteiger partial charge is 0.392 e. The Bertz CT molecular complexity index is 1050. The SMILES string of the molecule is C[C@@H]1CCc2c(sc3nc(CN4CCOCC4)nc(Nc4cccc(CO)c4)c23)C1. The van der Waals surface area contributed by atoms with Crippen molar-refractivity contribution in [2.45, 2.75) is 39.3 Å². The second-order valence-electron chi connectivity index (χ2n) is 8.39. The van der Waals surface area contributed by atoms with Crippen molar-refractivity contribution in [2.24, 2.45) is 5.92 Å². The molecule has 3 aromatic rings. The van der Waals surface area contributed by atoms with Crippen LogP contribution in [0.15, 0.2) is 24.3 Å². The minimum Gasteiger partial charge on any atom is -0.392 e. The normalized spacial score (nSPS) is 19.7. The summed E-state index contributed by atoms with van der Waals surface area (Å²) < 4.78 is 5.48. The Balaban J connectivity index is 1.55. The fourth-order valence-electron chi connectivity index (χ4n) is 4.39. The van der Waals surface area contributed by atoms with Gasteiger partial charge in [0.1, 0.15) is 16.5 Å². The van der Waals surface area contributed by atoms with E-state index in [-0.39, 0.29) is 6.61 Å². The maximum Gasteiger partial charge on any atom is 0.146 e. The number of hydrogen-bond acceptors (Lipinski definition) is 7. The van der Waals surface area contributed by atoms with Crippen molar-refractivity contribution in [1.82, 2.24) is 14.9 Å². The van der Waals surface area contributed by atoms with Gasteiger partial charge in [0.05, 0.1) is 31.8 Å². The first-order chi connectivity index (χ1) is 14.7. The number of ether oxygens (including phenoxy) is 1. The highest BCUT2D eigenvalue weighted by molar-refractivity contribution is 7.19. The Morgan fingerprint density at radius 2 is 2.13 bits per heavy atom. The molecule has 0 radical (unpaired) electrons. The molecule has 2 N–H and O–H groups in total. The Hall–Kier alpha value is -2.06. The number of nitrogens with zero attached hydrogens (tertiary/aromatic N) is 3.